The quantitative estimate of drug-likeness (QED) is 0.494. The highest BCUT2D eigenvalue weighted by Crippen LogP contribution is 2.27. The predicted octanol–water partition coefficient (Wildman–Crippen LogP) is 1.91. The molecule has 0 radical (unpaired) electrons. The molecule has 3 aliphatic heterocycles. The predicted molar refractivity (Wildman–Crippen MR) is 129 cm³/mol. The number of hydrogen-bond acceptors (Lipinski definition) is 7. The van der Waals surface area contributed by atoms with E-state index in [-0.39, 0.29) is 37.1 Å². The summed E-state index contributed by atoms with van der Waals surface area (Å²) in [4.78, 5) is 29.7. The molecule has 0 aliphatic carbocycles. The van der Waals surface area contributed by atoms with E-state index in [0.717, 1.165) is 16.7 Å². The molecule has 4 heterocycles. The number of hydrogen-bond donors (Lipinski definition) is 3. The van der Waals surface area contributed by atoms with Crippen molar-refractivity contribution < 1.29 is 23.8 Å². The first-order valence-electron chi connectivity index (χ1n) is 11.4. The molecule has 2 aromatic carbocycles. The van der Waals surface area contributed by atoms with E-state index in [9.17, 15) is 9.59 Å². The van der Waals surface area contributed by atoms with Crippen molar-refractivity contribution in [2.75, 3.05) is 26.8 Å². The minimum absolute atomic E-state index is 0.135. The molecule has 2 amide bonds. The highest BCUT2D eigenvalue weighted by molar-refractivity contribution is 5.95. The van der Waals surface area contributed by atoms with Gasteiger partial charge < -0.3 is 30.2 Å². The van der Waals surface area contributed by atoms with Crippen LogP contribution in [-0.4, -0.2) is 55.8 Å². The maximum Gasteiger partial charge on any atom is 0.258 e. The normalized spacial score (nSPS) is 20.0. The number of carbonyl (C=O) groups is 2. The second-order valence-corrected chi connectivity index (χ2v) is 8.42. The van der Waals surface area contributed by atoms with Crippen molar-refractivity contribution in [2.24, 2.45) is 0 Å². The van der Waals surface area contributed by atoms with E-state index in [1.165, 1.54) is 6.20 Å². The molecule has 0 spiro atoms. The summed E-state index contributed by atoms with van der Waals surface area (Å²) in [7, 11) is 1.57. The Bertz CT molecular complexity index is 1250. The fraction of sp³-hybridized carbons (Fsp3) is 0.269. The Morgan fingerprint density at radius 1 is 0.971 bits per heavy atom. The Morgan fingerprint density at radius 3 is 2.74 bits per heavy atom. The largest absolute Gasteiger partial charge is 0.496 e. The third-order valence-electron chi connectivity index (χ3n) is 6.03. The molecule has 9 heteroatoms. The van der Waals surface area contributed by atoms with Gasteiger partial charge in [0, 0.05) is 49.2 Å². The van der Waals surface area contributed by atoms with Crippen LogP contribution in [0, 0.1) is 0 Å². The van der Waals surface area contributed by atoms with Gasteiger partial charge in [0.2, 0.25) is 0 Å². The van der Waals surface area contributed by atoms with Gasteiger partial charge in [-0.25, -0.2) is 0 Å². The zero-order valence-corrected chi connectivity index (χ0v) is 19.2. The first kappa shape index (κ1) is 22.7. The maximum atomic E-state index is 13.1. The van der Waals surface area contributed by atoms with Gasteiger partial charge in [-0.1, -0.05) is 12.1 Å². The van der Waals surface area contributed by atoms with Crippen LogP contribution in [0.2, 0.25) is 0 Å². The van der Waals surface area contributed by atoms with Crippen LogP contribution >= 0.6 is 0 Å². The molecule has 9 nitrogen and oxygen atoms in total. The van der Waals surface area contributed by atoms with Crippen LogP contribution in [0.15, 0.2) is 60.9 Å². The van der Waals surface area contributed by atoms with E-state index in [0.29, 0.717) is 35.9 Å². The van der Waals surface area contributed by atoms with Crippen LogP contribution in [0.4, 0.5) is 0 Å². The number of methoxy groups -OCH3 is 1. The summed E-state index contributed by atoms with van der Waals surface area (Å²) < 4.78 is 17.4. The van der Waals surface area contributed by atoms with E-state index < -0.39 is 0 Å². The first-order valence-corrected chi connectivity index (χ1v) is 11.4. The Hall–Kier alpha value is -4.11. The highest BCUT2D eigenvalue weighted by Gasteiger charge is 2.31. The van der Waals surface area contributed by atoms with Gasteiger partial charge >= 0.3 is 0 Å². The number of nitrogens with zero attached hydrogens (tertiary/aromatic N) is 1. The van der Waals surface area contributed by atoms with E-state index in [1.54, 1.807) is 31.5 Å². The Kier molecular flexibility index (Phi) is 6.49. The summed E-state index contributed by atoms with van der Waals surface area (Å²) in [6.07, 6.45) is 2.97. The van der Waals surface area contributed by atoms with Gasteiger partial charge in [0.15, 0.2) is 6.61 Å². The van der Waals surface area contributed by atoms with Gasteiger partial charge in [0.25, 0.3) is 11.8 Å². The van der Waals surface area contributed by atoms with E-state index in [4.69, 9.17) is 14.2 Å². The molecule has 6 bridgehead atoms. The van der Waals surface area contributed by atoms with Gasteiger partial charge in [-0.2, -0.15) is 0 Å². The number of nitrogens with one attached hydrogen (secondary N) is 3. The molecule has 180 valence electrons. The molecule has 6 rings (SSSR count). The van der Waals surface area contributed by atoms with Crippen molar-refractivity contribution in [3.8, 4) is 28.4 Å². The second kappa shape index (κ2) is 10.0. The highest BCUT2D eigenvalue weighted by atomic mass is 16.5. The van der Waals surface area contributed by atoms with Gasteiger partial charge in [-0.15, -0.1) is 0 Å². The average Bonchev–Trinajstić information content (AvgIpc) is 3.32. The standard InChI is InChI=1S/C26H26N4O5/c1-33-23-9-21-6-5-17(23)12-29-25(31)15-34-20-4-2-3-16(8-20)18-7-19(11-27-10-18)26(32)30-22-13-28-14-24(22)35-21/h2-11,22,24,28H,12-15H2,1H3,(H,29,31)(H,30,32)/t22-,24-/m0/s1. The molecular weight excluding hydrogens is 448 g/mol. The molecule has 1 aromatic heterocycles. The van der Waals surface area contributed by atoms with Gasteiger partial charge in [-0.3, -0.25) is 14.6 Å². The number of ether oxygens (including phenoxy) is 3. The molecule has 2 atom stereocenters. The summed E-state index contributed by atoms with van der Waals surface area (Å²) in [6, 6.07) is 14.4. The van der Waals surface area contributed by atoms with E-state index >= 15 is 0 Å². The van der Waals surface area contributed by atoms with Crippen molar-refractivity contribution >= 4 is 11.8 Å². The van der Waals surface area contributed by atoms with Crippen molar-refractivity contribution in [3.05, 3.63) is 72.1 Å². The minimum Gasteiger partial charge on any atom is -0.496 e. The Morgan fingerprint density at radius 2 is 1.86 bits per heavy atom. The zero-order valence-electron chi connectivity index (χ0n) is 19.2. The number of pyridine rings is 1. The lowest BCUT2D eigenvalue weighted by Crippen LogP contribution is -2.45. The number of aromatic nitrogens is 1. The summed E-state index contributed by atoms with van der Waals surface area (Å²) in [6.45, 7) is 1.33. The number of benzene rings is 2. The van der Waals surface area contributed by atoms with E-state index in [2.05, 4.69) is 20.9 Å². The number of carbonyl (C=O) groups excluding carboxylic acids is 2. The molecule has 3 N–H and O–H groups in total. The molecule has 3 aromatic rings. The molecular formula is C26H26N4O5. The second-order valence-electron chi connectivity index (χ2n) is 8.42. The zero-order chi connectivity index (χ0) is 24.2. The van der Waals surface area contributed by atoms with Crippen molar-refractivity contribution in [1.29, 1.82) is 0 Å². The summed E-state index contributed by atoms with van der Waals surface area (Å²) in [5.41, 5.74) is 2.85. The monoisotopic (exact) mass is 474 g/mol. The first-order chi connectivity index (χ1) is 17.1. The molecule has 35 heavy (non-hydrogen) atoms. The summed E-state index contributed by atoms with van der Waals surface area (Å²) in [5, 5.41) is 9.20. The van der Waals surface area contributed by atoms with Crippen LogP contribution in [0.1, 0.15) is 15.9 Å². The van der Waals surface area contributed by atoms with Crippen LogP contribution < -0.4 is 30.2 Å². The third kappa shape index (κ3) is 5.20. The third-order valence-corrected chi connectivity index (χ3v) is 6.03. The van der Waals surface area contributed by atoms with Crippen molar-refractivity contribution in [2.45, 2.75) is 18.7 Å². The van der Waals surface area contributed by atoms with Crippen LogP contribution in [0.3, 0.4) is 0 Å². The van der Waals surface area contributed by atoms with Gasteiger partial charge in [-0.05, 0) is 35.9 Å². The molecule has 1 saturated heterocycles. The molecule has 3 aliphatic rings. The van der Waals surface area contributed by atoms with Crippen LogP contribution in [-0.2, 0) is 11.3 Å². The fourth-order valence-electron chi connectivity index (χ4n) is 4.17. The number of rotatable bonds is 1. The Labute approximate surface area is 202 Å². The smallest absolute Gasteiger partial charge is 0.258 e. The number of fused-ring (bicyclic) bond motifs is 7. The molecule has 0 unspecified atom stereocenters. The van der Waals surface area contributed by atoms with Crippen molar-refractivity contribution in [3.63, 3.8) is 0 Å². The van der Waals surface area contributed by atoms with Crippen LogP contribution in [0.5, 0.6) is 17.2 Å². The van der Waals surface area contributed by atoms with Gasteiger partial charge in [0.1, 0.15) is 23.4 Å². The lowest BCUT2D eigenvalue weighted by molar-refractivity contribution is -0.123. The lowest BCUT2D eigenvalue weighted by Gasteiger charge is -2.22. The minimum atomic E-state index is -0.259. The topological polar surface area (TPSA) is 111 Å². The lowest BCUT2D eigenvalue weighted by atomic mass is 10.1. The number of amides is 2. The SMILES string of the molecule is COc1cc2ccc1CNC(=O)COc1cccc(c1)-c1cncc(c1)C(=O)N[C@H]1CNC[C@@H]1O2. The summed E-state index contributed by atoms with van der Waals surface area (Å²) >= 11 is 0. The van der Waals surface area contributed by atoms with Gasteiger partial charge in [0.05, 0.1) is 18.7 Å². The average molecular weight is 475 g/mol. The Balaban J connectivity index is 1.47. The maximum absolute atomic E-state index is 13.1. The summed E-state index contributed by atoms with van der Waals surface area (Å²) in [5.74, 6) is 1.27. The fourth-order valence-corrected chi connectivity index (χ4v) is 4.17. The van der Waals surface area contributed by atoms with Crippen LogP contribution in [0.25, 0.3) is 11.1 Å². The van der Waals surface area contributed by atoms with Crippen molar-refractivity contribution in [1.82, 2.24) is 20.9 Å². The molecule has 0 saturated carbocycles. The van der Waals surface area contributed by atoms with E-state index in [1.807, 2.05) is 30.3 Å². The molecule has 1 fully saturated rings.